The molecule has 0 heterocycles. The molecule has 0 aliphatic carbocycles. The number of hydrogen-bond donors (Lipinski definition) is 2. The second-order valence-corrected chi connectivity index (χ2v) is 1.44. The van der Waals surface area contributed by atoms with Gasteiger partial charge in [0.25, 0.3) is 0 Å². The molecule has 0 aliphatic rings. The summed E-state index contributed by atoms with van der Waals surface area (Å²) < 4.78 is 0. The predicted octanol–water partition coefficient (Wildman–Crippen LogP) is -0.154. The van der Waals surface area contributed by atoms with E-state index in [1.54, 1.807) is 0 Å². The lowest BCUT2D eigenvalue weighted by Crippen LogP contribution is -2.13. The van der Waals surface area contributed by atoms with Gasteiger partial charge >= 0.3 is 0 Å². The standard InChI is InChI=1S/C3H8ClN3/c4-2-1-3(5)7-6/h1-2,6H2,(H2,5,7). The van der Waals surface area contributed by atoms with Gasteiger partial charge in [-0.3, -0.25) is 0 Å². The predicted molar refractivity (Wildman–Crippen MR) is 31.1 cm³/mol. The molecule has 0 aromatic rings. The first-order chi connectivity index (χ1) is 3.31. The summed E-state index contributed by atoms with van der Waals surface area (Å²) in [6.45, 7) is 0. The van der Waals surface area contributed by atoms with E-state index in [2.05, 4.69) is 5.10 Å². The van der Waals surface area contributed by atoms with Gasteiger partial charge in [-0.25, -0.2) is 0 Å². The van der Waals surface area contributed by atoms with Crippen LogP contribution in [0, 0.1) is 0 Å². The van der Waals surface area contributed by atoms with Gasteiger partial charge in [0.1, 0.15) is 5.84 Å². The first-order valence-electron chi connectivity index (χ1n) is 1.89. The van der Waals surface area contributed by atoms with Gasteiger partial charge in [-0.05, 0) is 0 Å². The van der Waals surface area contributed by atoms with E-state index in [1.807, 2.05) is 0 Å². The minimum atomic E-state index is 0.398. The molecule has 0 atom stereocenters. The summed E-state index contributed by atoms with van der Waals surface area (Å²) in [5.41, 5.74) is 5.12. The van der Waals surface area contributed by atoms with Crippen LogP contribution < -0.4 is 11.6 Å². The molecule has 0 radical (unpaired) electrons. The largest absolute Gasteiger partial charge is 0.386 e. The fourth-order valence-corrected chi connectivity index (χ4v) is 0.355. The maximum absolute atomic E-state index is 5.26. The molecule has 0 saturated carbocycles. The molecule has 0 aromatic carbocycles. The number of halogens is 1. The maximum atomic E-state index is 5.26. The molecular formula is C3H8ClN3. The lowest BCUT2D eigenvalue weighted by Gasteiger charge is -1.88. The Hall–Kier alpha value is -0.440. The van der Waals surface area contributed by atoms with Crippen LogP contribution in [0.15, 0.2) is 5.10 Å². The van der Waals surface area contributed by atoms with Crippen molar-refractivity contribution >= 4 is 17.4 Å². The molecule has 0 bridgehead atoms. The molecule has 0 unspecified atom stereocenters. The number of rotatable bonds is 2. The molecule has 4 heteroatoms. The molecule has 0 saturated heterocycles. The number of hydrazone groups is 1. The molecule has 0 spiro atoms. The Labute approximate surface area is 47.3 Å². The van der Waals surface area contributed by atoms with E-state index < -0.39 is 0 Å². The van der Waals surface area contributed by atoms with Crippen LogP contribution in [0.5, 0.6) is 0 Å². The monoisotopic (exact) mass is 121 g/mol. The van der Waals surface area contributed by atoms with E-state index in [-0.39, 0.29) is 0 Å². The summed E-state index contributed by atoms with van der Waals surface area (Å²) in [7, 11) is 0. The smallest absolute Gasteiger partial charge is 0.120 e. The number of alkyl halides is 1. The first kappa shape index (κ1) is 6.56. The van der Waals surface area contributed by atoms with Crippen molar-refractivity contribution < 1.29 is 0 Å². The van der Waals surface area contributed by atoms with Gasteiger partial charge in [-0.1, -0.05) is 0 Å². The number of amidine groups is 1. The summed E-state index contributed by atoms with van der Waals surface area (Å²) >= 11 is 5.26. The summed E-state index contributed by atoms with van der Waals surface area (Å²) in [5, 5.41) is 3.19. The first-order valence-corrected chi connectivity index (χ1v) is 2.43. The third-order valence-electron chi connectivity index (χ3n) is 0.516. The third kappa shape index (κ3) is 3.39. The van der Waals surface area contributed by atoms with Crippen LogP contribution in [-0.4, -0.2) is 11.7 Å². The Balaban J connectivity index is 3.17. The lowest BCUT2D eigenvalue weighted by molar-refractivity contribution is 1.16. The molecule has 3 nitrogen and oxygen atoms in total. The Morgan fingerprint density at radius 3 is 2.43 bits per heavy atom. The molecule has 0 aromatic heterocycles. The molecule has 0 aliphatic heterocycles. The van der Waals surface area contributed by atoms with Gasteiger partial charge in [-0.2, -0.15) is 5.10 Å². The number of nitrogens with two attached hydrogens (primary N) is 2. The molecule has 7 heavy (non-hydrogen) atoms. The maximum Gasteiger partial charge on any atom is 0.120 e. The van der Waals surface area contributed by atoms with Crippen LogP contribution >= 0.6 is 11.6 Å². The van der Waals surface area contributed by atoms with E-state index in [4.69, 9.17) is 23.2 Å². The minimum Gasteiger partial charge on any atom is -0.386 e. The van der Waals surface area contributed by atoms with Gasteiger partial charge < -0.3 is 11.6 Å². The van der Waals surface area contributed by atoms with Crippen molar-refractivity contribution in [3.05, 3.63) is 0 Å². The van der Waals surface area contributed by atoms with Crippen LogP contribution in [-0.2, 0) is 0 Å². The van der Waals surface area contributed by atoms with E-state index in [9.17, 15) is 0 Å². The fraction of sp³-hybridized carbons (Fsp3) is 0.667. The zero-order chi connectivity index (χ0) is 5.70. The van der Waals surface area contributed by atoms with E-state index >= 15 is 0 Å². The lowest BCUT2D eigenvalue weighted by atomic mass is 10.5. The highest BCUT2D eigenvalue weighted by Gasteiger charge is 1.84. The zero-order valence-electron chi connectivity index (χ0n) is 3.89. The van der Waals surface area contributed by atoms with Gasteiger partial charge in [0.05, 0.1) is 0 Å². The SMILES string of the molecule is N/N=C(\N)CCCl. The van der Waals surface area contributed by atoms with Crippen molar-refractivity contribution in [1.82, 2.24) is 0 Å². The highest BCUT2D eigenvalue weighted by molar-refractivity contribution is 6.19. The zero-order valence-corrected chi connectivity index (χ0v) is 4.65. The number of hydrogen-bond acceptors (Lipinski definition) is 2. The Morgan fingerprint density at radius 1 is 1.71 bits per heavy atom. The molecule has 0 rings (SSSR count). The van der Waals surface area contributed by atoms with Crippen LogP contribution in [0.1, 0.15) is 6.42 Å². The average molecular weight is 122 g/mol. The third-order valence-corrected chi connectivity index (χ3v) is 0.705. The van der Waals surface area contributed by atoms with Crippen LogP contribution in [0.4, 0.5) is 0 Å². The Kier molecular flexibility index (Phi) is 3.50. The van der Waals surface area contributed by atoms with E-state index in [0.717, 1.165) is 0 Å². The topological polar surface area (TPSA) is 64.4 Å². The van der Waals surface area contributed by atoms with Crippen molar-refractivity contribution in [2.45, 2.75) is 6.42 Å². The van der Waals surface area contributed by atoms with Crippen molar-refractivity contribution in [2.75, 3.05) is 5.88 Å². The minimum absolute atomic E-state index is 0.398. The van der Waals surface area contributed by atoms with Crippen molar-refractivity contribution in [3.63, 3.8) is 0 Å². The Bertz CT molecular complexity index is 70.6. The van der Waals surface area contributed by atoms with Crippen molar-refractivity contribution in [2.24, 2.45) is 16.7 Å². The molecular weight excluding hydrogens is 114 g/mol. The highest BCUT2D eigenvalue weighted by atomic mass is 35.5. The normalized spacial score (nSPS) is 11.9. The molecule has 0 amide bonds. The van der Waals surface area contributed by atoms with Gasteiger partial charge in [0, 0.05) is 12.3 Å². The second kappa shape index (κ2) is 3.74. The van der Waals surface area contributed by atoms with Crippen LogP contribution in [0.3, 0.4) is 0 Å². The summed E-state index contributed by atoms with van der Waals surface area (Å²) in [4.78, 5) is 0. The molecule has 0 fully saturated rings. The van der Waals surface area contributed by atoms with Crippen LogP contribution in [0.25, 0.3) is 0 Å². The van der Waals surface area contributed by atoms with Gasteiger partial charge in [0.15, 0.2) is 0 Å². The summed E-state index contributed by atoms with van der Waals surface area (Å²) in [6.07, 6.45) is 0.568. The number of nitrogens with zero attached hydrogens (tertiary/aromatic N) is 1. The molecule has 42 valence electrons. The van der Waals surface area contributed by atoms with E-state index in [1.165, 1.54) is 0 Å². The quantitative estimate of drug-likeness (QED) is 0.175. The van der Waals surface area contributed by atoms with Crippen molar-refractivity contribution in [3.8, 4) is 0 Å². The average Bonchev–Trinajstić information content (AvgIpc) is 1.68. The Morgan fingerprint density at radius 2 is 2.29 bits per heavy atom. The van der Waals surface area contributed by atoms with Crippen molar-refractivity contribution in [1.29, 1.82) is 0 Å². The highest BCUT2D eigenvalue weighted by Crippen LogP contribution is 1.80. The van der Waals surface area contributed by atoms with Gasteiger partial charge in [0.2, 0.25) is 0 Å². The van der Waals surface area contributed by atoms with E-state index in [0.29, 0.717) is 18.1 Å². The van der Waals surface area contributed by atoms with Gasteiger partial charge in [-0.15, -0.1) is 11.6 Å². The molecule has 4 N–H and O–H groups in total. The summed E-state index contributed by atoms with van der Waals surface area (Å²) in [6, 6.07) is 0. The second-order valence-electron chi connectivity index (χ2n) is 1.06. The summed E-state index contributed by atoms with van der Waals surface area (Å²) in [5.74, 6) is 5.64. The fourth-order valence-electron chi connectivity index (χ4n) is 0.161. The van der Waals surface area contributed by atoms with Crippen LogP contribution in [0.2, 0.25) is 0 Å².